The van der Waals surface area contributed by atoms with Gasteiger partial charge in [-0.25, -0.2) is 8.42 Å². The summed E-state index contributed by atoms with van der Waals surface area (Å²) in [5.41, 5.74) is 0.965. The largest absolute Gasteiger partial charge is 0.490 e. The van der Waals surface area contributed by atoms with Crippen LogP contribution in [0.1, 0.15) is 60.7 Å². The summed E-state index contributed by atoms with van der Waals surface area (Å²) in [6.07, 6.45) is 1.71. The molecule has 11 heteroatoms. The first kappa shape index (κ1) is 34.9. The zero-order valence-corrected chi connectivity index (χ0v) is 27.8. The normalized spacial score (nSPS) is 20.5. The second kappa shape index (κ2) is 16.1. The Balaban J connectivity index is 1.66. The molecule has 0 bridgehead atoms. The Morgan fingerprint density at radius 3 is 2.39 bits per heavy atom. The number of hydrogen-bond donors (Lipinski definition) is 2. The predicted molar refractivity (Wildman–Crippen MR) is 178 cm³/mol. The van der Waals surface area contributed by atoms with E-state index in [1.807, 2.05) is 32.0 Å². The van der Waals surface area contributed by atoms with E-state index in [0.29, 0.717) is 30.9 Å². The van der Waals surface area contributed by atoms with Crippen LogP contribution in [-0.4, -0.2) is 86.7 Å². The molecule has 1 heterocycles. The minimum absolute atomic E-state index is 0.0948. The fourth-order valence-electron chi connectivity index (χ4n) is 5.42. The van der Waals surface area contributed by atoms with Crippen LogP contribution in [0.3, 0.4) is 0 Å². The first-order valence-electron chi connectivity index (χ1n) is 15.7. The van der Waals surface area contributed by atoms with Crippen molar-refractivity contribution in [3.05, 3.63) is 90.0 Å². The maximum atomic E-state index is 14.3. The molecule has 46 heavy (non-hydrogen) atoms. The number of carbonyl (C=O) groups is 2. The quantitative estimate of drug-likeness (QED) is 0.349. The highest BCUT2D eigenvalue weighted by Gasteiger charge is 2.31. The Kier molecular flexibility index (Phi) is 12.2. The molecule has 0 spiro atoms. The van der Waals surface area contributed by atoms with Crippen LogP contribution in [0.25, 0.3) is 0 Å². The van der Waals surface area contributed by atoms with E-state index in [1.54, 1.807) is 66.2 Å². The molecule has 4 atom stereocenters. The molecule has 2 N–H and O–H groups in total. The van der Waals surface area contributed by atoms with Gasteiger partial charge in [-0.3, -0.25) is 14.3 Å². The van der Waals surface area contributed by atoms with Crippen molar-refractivity contribution in [2.75, 3.05) is 38.1 Å². The number of benzene rings is 3. The summed E-state index contributed by atoms with van der Waals surface area (Å²) in [7, 11) is -2.17. The van der Waals surface area contributed by atoms with E-state index in [9.17, 15) is 23.1 Å². The van der Waals surface area contributed by atoms with E-state index >= 15 is 0 Å². The number of hydrogen-bond acceptors (Lipinski definition) is 7. The van der Waals surface area contributed by atoms with Gasteiger partial charge >= 0.3 is 0 Å². The smallest absolute Gasteiger partial charge is 0.261 e. The molecule has 0 unspecified atom stereocenters. The molecular formula is C35H45N3O7S. The van der Waals surface area contributed by atoms with Gasteiger partial charge in [0.2, 0.25) is 0 Å². The van der Waals surface area contributed by atoms with Crippen LogP contribution < -0.4 is 9.46 Å². The van der Waals surface area contributed by atoms with Crippen LogP contribution in [0.4, 0.5) is 5.69 Å². The number of ether oxygens (including phenoxy) is 2. The van der Waals surface area contributed by atoms with E-state index in [4.69, 9.17) is 9.47 Å². The number of nitrogens with one attached hydrogen (secondary N) is 1. The Bertz CT molecular complexity index is 1550. The Morgan fingerprint density at radius 2 is 1.72 bits per heavy atom. The molecule has 1 aliphatic rings. The lowest BCUT2D eigenvalue weighted by atomic mass is 10.0. The zero-order chi connectivity index (χ0) is 33.3. The van der Waals surface area contributed by atoms with E-state index in [-0.39, 0.29) is 53.3 Å². The van der Waals surface area contributed by atoms with Gasteiger partial charge in [0, 0.05) is 43.9 Å². The fourth-order valence-corrected chi connectivity index (χ4v) is 6.49. The highest BCUT2D eigenvalue weighted by molar-refractivity contribution is 7.92. The fraction of sp³-hybridized carbons (Fsp3) is 0.429. The van der Waals surface area contributed by atoms with Gasteiger partial charge in [-0.15, -0.1) is 0 Å². The molecule has 10 nitrogen and oxygen atoms in total. The lowest BCUT2D eigenvalue weighted by Gasteiger charge is -2.36. The second-order valence-corrected chi connectivity index (χ2v) is 13.7. The third-order valence-corrected chi connectivity index (χ3v) is 9.58. The van der Waals surface area contributed by atoms with Gasteiger partial charge in [0.25, 0.3) is 21.8 Å². The van der Waals surface area contributed by atoms with Crippen molar-refractivity contribution in [1.29, 1.82) is 0 Å². The summed E-state index contributed by atoms with van der Waals surface area (Å²) in [4.78, 5) is 30.8. The summed E-state index contributed by atoms with van der Waals surface area (Å²) in [5, 5.41) is 10.2. The van der Waals surface area contributed by atoms with Crippen molar-refractivity contribution >= 4 is 27.5 Å². The molecular weight excluding hydrogens is 606 g/mol. The van der Waals surface area contributed by atoms with Crippen molar-refractivity contribution < 1.29 is 32.6 Å². The topological polar surface area (TPSA) is 125 Å². The lowest BCUT2D eigenvalue weighted by Crippen LogP contribution is -2.48. The van der Waals surface area contributed by atoms with Crippen molar-refractivity contribution in [2.24, 2.45) is 5.92 Å². The average Bonchev–Trinajstić information content (AvgIpc) is 3.06. The van der Waals surface area contributed by atoms with Crippen molar-refractivity contribution in [3.63, 3.8) is 0 Å². The first-order chi connectivity index (χ1) is 22.0. The number of anilines is 1. The molecule has 3 aromatic carbocycles. The number of rotatable bonds is 8. The van der Waals surface area contributed by atoms with Gasteiger partial charge < -0.3 is 24.4 Å². The SMILES string of the molecule is C[C@@H]1CN([C@@H](C)CO)C(=O)c2cc(NS(=O)(=O)c3ccccc3)ccc2O[C@@H](C)CCCCO[C@@H]1CN(C)C(=O)c1ccccc1. The van der Waals surface area contributed by atoms with Gasteiger partial charge in [0.1, 0.15) is 5.75 Å². The van der Waals surface area contributed by atoms with E-state index in [0.717, 1.165) is 12.8 Å². The third-order valence-electron chi connectivity index (χ3n) is 8.18. The van der Waals surface area contributed by atoms with Gasteiger partial charge in [0.05, 0.1) is 35.3 Å². The maximum absolute atomic E-state index is 14.3. The highest BCUT2D eigenvalue weighted by atomic mass is 32.2. The number of nitrogens with zero attached hydrogens (tertiary/aromatic N) is 2. The number of fused-ring (bicyclic) bond motifs is 1. The first-order valence-corrected chi connectivity index (χ1v) is 17.2. The van der Waals surface area contributed by atoms with Crippen LogP contribution in [0.15, 0.2) is 83.8 Å². The van der Waals surface area contributed by atoms with Crippen molar-refractivity contribution in [3.8, 4) is 5.75 Å². The van der Waals surface area contributed by atoms with Crippen molar-refractivity contribution in [1.82, 2.24) is 9.80 Å². The number of aliphatic hydroxyl groups excluding tert-OH is 1. The van der Waals surface area contributed by atoms with Gasteiger partial charge in [-0.2, -0.15) is 0 Å². The minimum atomic E-state index is -3.91. The Morgan fingerprint density at radius 1 is 1.04 bits per heavy atom. The van der Waals surface area contributed by atoms with Gasteiger partial charge in [-0.1, -0.05) is 43.3 Å². The predicted octanol–water partition coefficient (Wildman–Crippen LogP) is 5.06. The molecule has 0 radical (unpaired) electrons. The molecule has 0 aromatic heterocycles. The maximum Gasteiger partial charge on any atom is 0.261 e. The van der Waals surface area contributed by atoms with Crippen LogP contribution in [0, 0.1) is 5.92 Å². The number of carbonyl (C=O) groups excluding carboxylic acids is 2. The zero-order valence-electron chi connectivity index (χ0n) is 27.0. The highest BCUT2D eigenvalue weighted by Crippen LogP contribution is 2.29. The van der Waals surface area contributed by atoms with Crippen LogP contribution in [0.5, 0.6) is 5.75 Å². The number of aliphatic hydroxyl groups is 1. The lowest BCUT2D eigenvalue weighted by molar-refractivity contribution is -0.0149. The molecule has 0 saturated heterocycles. The van der Waals surface area contributed by atoms with Gasteiger partial charge in [0.15, 0.2) is 0 Å². The average molecular weight is 652 g/mol. The molecule has 3 aromatic rings. The number of sulfonamides is 1. The standard InChI is InChI=1S/C35H45N3O7S/c1-25-22-38(26(2)24-39)35(41)31-21-29(36-46(42,43)30-16-9-6-10-17-30)18-19-32(31)45-27(3)13-11-12-20-44-33(25)23-37(4)34(40)28-14-7-5-8-15-28/h5-10,14-19,21,25-27,33,36,39H,11-13,20,22-24H2,1-4H3/t25-,26+,27+,33-/m1/s1. The molecule has 1 aliphatic heterocycles. The number of likely N-dealkylation sites (N-methyl/N-ethyl adjacent to an activating group) is 1. The molecule has 0 fully saturated rings. The molecule has 248 valence electrons. The summed E-state index contributed by atoms with van der Waals surface area (Å²) >= 11 is 0. The van der Waals surface area contributed by atoms with Crippen LogP contribution >= 0.6 is 0 Å². The van der Waals surface area contributed by atoms with Crippen LogP contribution in [-0.2, 0) is 14.8 Å². The minimum Gasteiger partial charge on any atom is -0.490 e. The molecule has 4 rings (SSSR count). The number of amides is 2. The summed E-state index contributed by atoms with van der Waals surface area (Å²) in [5.74, 6) is -0.435. The monoisotopic (exact) mass is 651 g/mol. The van der Waals surface area contributed by atoms with Crippen LogP contribution in [0.2, 0.25) is 0 Å². The summed E-state index contributed by atoms with van der Waals surface area (Å²) in [6, 6.07) is 21.1. The Labute approximate surface area is 272 Å². The van der Waals surface area contributed by atoms with Crippen molar-refractivity contribution in [2.45, 2.75) is 63.2 Å². The summed E-state index contributed by atoms with van der Waals surface area (Å²) in [6.45, 7) is 6.37. The molecule has 0 aliphatic carbocycles. The van der Waals surface area contributed by atoms with Gasteiger partial charge in [-0.05, 0) is 75.6 Å². The van der Waals surface area contributed by atoms with E-state index in [2.05, 4.69) is 4.72 Å². The van der Waals surface area contributed by atoms with E-state index < -0.39 is 22.0 Å². The van der Waals surface area contributed by atoms with E-state index in [1.165, 1.54) is 18.2 Å². The Hall–Kier alpha value is -3.93. The third kappa shape index (κ3) is 9.08. The summed E-state index contributed by atoms with van der Waals surface area (Å²) < 4.78 is 41.4. The molecule has 0 saturated carbocycles. The second-order valence-electron chi connectivity index (χ2n) is 12.0. The molecule has 2 amide bonds.